The first-order valence-electron chi connectivity index (χ1n) is 20.4. The van der Waals surface area contributed by atoms with Crippen molar-refractivity contribution in [2.24, 2.45) is 5.92 Å². The minimum absolute atomic E-state index is 0.389. The van der Waals surface area contributed by atoms with Gasteiger partial charge in [-0.25, -0.2) is 0 Å². The second-order valence-corrected chi connectivity index (χ2v) is 16.2. The van der Waals surface area contributed by atoms with Gasteiger partial charge in [0.2, 0.25) is 0 Å². The van der Waals surface area contributed by atoms with Crippen molar-refractivity contribution in [2.75, 3.05) is 54.0 Å². The van der Waals surface area contributed by atoms with E-state index in [1.54, 1.807) is 35.5 Å². The minimum Gasteiger partial charge on any atom is -0.495 e. The highest BCUT2D eigenvalue weighted by atomic mass is 16.5. The monoisotopic (exact) mass is 755 g/mol. The number of ether oxygens (including phenoxy) is 5. The fraction of sp³-hybridized carbons (Fsp3) is 0.438. The molecule has 0 unspecified atom stereocenters. The molecule has 2 heterocycles. The molecule has 8 heteroatoms. The Labute approximate surface area is 333 Å². The fourth-order valence-electron chi connectivity index (χ4n) is 9.14. The molecule has 8 rings (SSSR count). The number of methoxy groups -OCH3 is 5. The average molecular weight is 756 g/mol. The van der Waals surface area contributed by atoms with E-state index in [0.29, 0.717) is 23.8 Å². The third-order valence-electron chi connectivity index (χ3n) is 12.2. The molecule has 0 spiro atoms. The number of aromatic nitrogens is 1. The Morgan fingerprint density at radius 3 is 1.91 bits per heavy atom. The van der Waals surface area contributed by atoms with Crippen molar-refractivity contribution in [2.45, 2.75) is 82.2 Å². The summed E-state index contributed by atoms with van der Waals surface area (Å²) in [4.78, 5) is 9.68. The van der Waals surface area contributed by atoms with E-state index >= 15 is 0 Å². The van der Waals surface area contributed by atoms with Gasteiger partial charge in [0.25, 0.3) is 0 Å². The summed E-state index contributed by atoms with van der Waals surface area (Å²) in [6, 6.07) is 20.0. The predicted octanol–water partition coefficient (Wildman–Crippen LogP) is 10.4. The highest BCUT2D eigenvalue weighted by Gasteiger charge is 2.32. The van der Waals surface area contributed by atoms with Crippen molar-refractivity contribution in [1.82, 2.24) is 9.88 Å². The summed E-state index contributed by atoms with van der Waals surface area (Å²) in [5.41, 5.74) is 11.0. The zero-order valence-electron chi connectivity index (χ0n) is 34.0. The summed E-state index contributed by atoms with van der Waals surface area (Å²) >= 11 is 0. The molecule has 0 bridgehead atoms. The van der Waals surface area contributed by atoms with Crippen LogP contribution >= 0.6 is 0 Å². The number of rotatable bonds is 15. The zero-order valence-corrected chi connectivity index (χ0v) is 34.0. The molecule has 3 aliphatic carbocycles. The highest BCUT2D eigenvalue weighted by Crippen LogP contribution is 2.50. The van der Waals surface area contributed by atoms with E-state index in [1.165, 1.54) is 71.9 Å². The number of allylic oxidation sites excluding steroid dienone is 2. The normalized spacial score (nSPS) is 19.5. The summed E-state index contributed by atoms with van der Waals surface area (Å²) in [6.45, 7) is 1.71. The van der Waals surface area contributed by atoms with Crippen LogP contribution in [-0.2, 0) is 6.54 Å². The molecule has 3 saturated carbocycles. The van der Waals surface area contributed by atoms with Crippen LogP contribution in [0.5, 0.6) is 28.7 Å². The zero-order chi connectivity index (χ0) is 38.8. The Morgan fingerprint density at radius 2 is 1.29 bits per heavy atom. The molecule has 3 aromatic carbocycles. The van der Waals surface area contributed by atoms with Crippen LogP contribution in [0.25, 0.3) is 16.7 Å². The van der Waals surface area contributed by atoms with Gasteiger partial charge in [0.15, 0.2) is 23.0 Å². The Hall–Kier alpha value is -5.11. The average Bonchev–Trinajstić information content (AvgIpc) is 4.17. The van der Waals surface area contributed by atoms with Crippen LogP contribution in [0.15, 0.2) is 84.8 Å². The molecular formula is C48H57N3O5. The van der Waals surface area contributed by atoms with Gasteiger partial charge in [0.05, 0.1) is 41.2 Å². The third kappa shape index (κ3) is 8.07. The molecule has 3 fully saturated rings. The van der Waals surface area contributed by atoms with E-state index in [-0.39, 0.29) is 0 Å². The lowest BCUT2D eigenvalue weighted by Gasteiger charge is -2.39. The van der Waals surface area contributed by atoms with E-state index in [9.17, 15) is 0 Å². The molecule has 0 saturated heterocycles. The van der Waals surface area contributed by atoms with Crippen LogP contribution in [0.1, 0.15) is 91.9 Å². The number of hydrogen-bond donors (Lipinski definition) is 0. The maximum absolute atomic E-state index is 5.95. The van der Waals surface area contributed by atoms with Gasteiger partial charge in [0.1, 0.15) is 5.75 Å². The third-order valence-corrected chi connectivity index (χ3v) is 12.2. The van der Waals surface area contributed by atoms with Crippen molar-refractivity contribution in [1.29, 1.82) is 0 Å². The van der Waals surface area contributed by atoms with Gasteiger partial charge in [-0.3, -0.25) is 4.98 Å². The highest BCUT2D eigenvalue weighted by molar-refractivity contribution is 5.78. The van der Waals surface area contributed by atoms with Gasteiger partial charge in [0, 0.05) is 61.5 Å². The topological polar surface area (TPSA) is 65.5 Å². The first-order chi connectivity index (χ1) is 27.4. The largest absolute Gasteiger partial charge is 0.495 e. The summed E-state index contributed by atoms with van der Waals surface area (Å²) in [5, 5.41) is 0. The molecule has 4 aromatic rings. The Morgan fingerprint density at radius 1 is 0.661 bits per heavy atom. The molecule has 0 N–H and O–H groups in total. The number of pyridine rings is 1. The lowest BCUT2D eigenvalue weighted by Crippen LogP contribution is -2.38. The van der Waals surface area contributed by atoms with E-state index in [4.69, 9.17) is 28.7 Å². The molecule has 0 amide bonds. The van der Waals surface area contributed by atoms with Crippen LogP contribution < -0.4 is 28.6 Å². The number of anilines is 1. The molecule has 294 valence electrons. The standard InChI is InChI=1S/C48H57N3O5/c1-50-28-32(20-39(30-50)37-23-42(35-15-16-35)48(56-6)46(25-37)54-4)19-31-11-17-40(18-12-31)51(43-9-7-8-10-44(43)52-2)29-33-21-38(27-49-26-33)36-22-41(34-13-14-34)47(55-5)45(24-36)53-3/h7-10,20-27,30-31,34-35,40H,11-19,28-29H2,1-6H3. The van der Waals surface area contributed by atoms with Crippen LogP contribution in [0.4, 0.5) is 5.69 Å². The van der Waals surface area contributed by atoms with Crippen LogP contribution in [0.2, 0.25) is 0 Å². The number of likely N-dealkylation sites (N-methyl/N-ethyl adjacent to an activating group) is 1. The maximum atomic E-state index is 5.95. The molecule has 1 aliphatic heterocycles. The quantitative estimate of drug-likeness (QED) is 0.119. The summed E-state index contributed by atoms with van der Waals surface area (Å²) < 4.78 is 29.2. The maximum Gasteiger partial charge on any atom is 0.164 e. The van der Waals surface area contributed by atoms with Crippen LogP contribution in [-0.4, -0.2) is 65.1 Å². The van der Waals surface area contributed by atoms with Gasteiger partial charge in [-0.2, -0.15) is 0 Å². The predicted molar refractivity (Wildman–Crippen MR) is 225 cm³/mol. The van der Waals surface area contributed by atoms with Gasteiger partial charge >= 0.3 is 0 Å². The van der Waals surface area contributed by atoms with Crippen LogP contribution in [0, 0.1) is 5.92 Å². The Balaban J connectivity index is 1.00. The van der Waals surface area contributed by atoms with Gasteiger partial charge in [-0.1, -0.05) is 23.8 Å². The minimum atomic E-state index is 0.389. The van der Waals surface area contributed by atoms with Crippen molar-refractivity contribution in [3.63, 3.8) is 0 Å². The van der Waals surface area contributed by atoms with E-state index in [0.717, 1.165) is 77.9 Å². The summed E-state index contributed by atoms with van der Waals surface area (Å²) in [5.74, 6) is 5.97. The van der Waals surface area contributed by atoms with Crippen molar-refractivity contribution in [3.05, 3.63) is 107 Å². The van der Waals surface area contributed by atoms with E-state index in [1.807, 2.05) is 12.4 Å². The number of para-hydroxylation sites is 2. The van der Waals surface area contributed by atoms with Crippen LogP contribution in [0.3, 0.4) is 0 Å². The summed E-state index contributed by atoms with van der Waals surface area (Å²) in [6.07, 6.45) is 19.2. The lowest BCUT2D eigenvalue weighted by molar-refractivity contribution is 0.305. The molecule has 0 radical (unpaired) electrons. The molecule has 8 nitrogen and oxygen atoms in total. The molecule has 4 aliphatic rings. The van der Waals surface area contributed by atoms with Crippen molar-refractivity contribution in [3.8, 4) is 39.9 Å². The molecule has 56 heavy (non-hydrogen) atoms. The van der Waals surface area contributed by atoms with Gasteiger partial charge in [-0.15, -0.1) is 0 Å². The fourth-order valence-corrected chi connectivity index (χ4v) is 9.14. The lowest BCUT2D eigenvalue weighted by atomic mass is 9.80. The Bertz CT molecular complexity index is 2090. The van der Waals surface area contributed by atoms with Crippen molar-refractivity contribution < 1.29 is 23.7 Å². The smallest absolute Gasteiger partial charge is 0.164 e. The second-order valence-electron chi connectivity index (χ2n) is 16.2. The molecule has 1 aromatic heterocycles. The number of hydrogen-bond acceptors (Lipinski definition) is 8. The second kappa shape index (κ2) is 16.5. The number of nitrogens with zero attached hydrogens (tertiary/aromatic N) is 3. The van der Waals surface area contributed by atoms with Crippen molar-refractivity contribution >= 4 is 11.3 Å². The van der Waals surface area contributed by atoms with E-state index in [2.05, 4.69) is 83.7 Å². The number of benzene rings is 3. The molecular weight excluding hydrogens is 699 g/mol. The van der Waals surface area contributed by atoms with Gasteiger partial charge in [-0.05, 0) is 140 Å². The molecule has 0 atom stereocenters. The Kier molecular flexibility index (Phi) is 11.2. The summed E-state index contributed by atoms with van der Waals surface area (Å²) in [7, 11) is 10.9. The van der Waals surface area contributed by atoms with Gasteiger partial charge < -0.3 is 33.5 Å². The first kappa shape index (κ1) is 37.8. The SMILES string of the molecule is COc1ccccc1N(Cc1cncc(-c2cc(OC)c(OC)c(C3CC3)c2)c1)C1CCC(CC2=CC(c3cc(OC)c(OC)c(C4CC4)c3)=CN(C)C2)CC1. The first-order valence-corrected chi connectivity index (χ1v) is 20.4. The van der Waals surface area contributed by atoms with E-state index < -0.39 is 0 Å².